The van der Waals surface area contributed by atoms with E-state index in [1.165, 1.54) is 16.9 Å². The van der Waals surface area contributed by atoms with Crippen LogP contribution in [0.15, 0.2) is 80.5 Å². The standard InChI is InChI=1S/C28H19BrCl2N2OS/c1-15-6-7-16(12-22(15)29)13-24-27(34)33-26(20-11-9-18(30)14-23(20)31)21-10-8-17-4-2-3-5-19(17)25(21)32-28(33)35-24/h2-7,9,11-14,26H,8,10H2,1H3. The Morgan fingerprint density at radius 2 is 1.91 bits per heavy atom. The number of allylic oxidation sites excluding steroid dienone is 1. The van der Waals surface area contributed by atoms with E-state index in [9.17, 15) is 4.79 Å². The average molecular weight is 582 g/mol. The van der Waals surface area contributed by atoms with Crippen LogP contribution in [0, 0.1) is 6.92 Å². The summed E-state index contributed by atoms with van der Waals surface area (Å²) in [5.74, 6) is 0. The lowest BCUT2D eigenvalue weighted by atomic mass is 9.83. The molecule has 0 radical (unpaired) electrons. The Balaban J connectivity index is 1.64. The summed E-state index contributed by atoms with van der Waals surface area (Å²) in [5.41, 5.74) is 7.38. The van der Waals surface area contributed by atoms with Crippen molar-refractivity contribution in [3.05, 3.63) is 128 Å². The Morgan fingerprint density at radius 3 is 2.71 bits per heavy atom. The molecule has 1 aliphatic heterocycles. The number of aromatic nitrogens is 1. The molecule has 7 heteroatoms. The number of benzene rings is 3. The van der Waals surface area contributed by atoms with Crippen molar-refractivity contribution in [2.75, 3.05) is 0 Å². The van der Waals surface area contributed by atoms with Crippen molar-refractivity contribution >= 4 is 62.2 Å². The number of rotatable bonds is 2. The monoisotopic (exact) mass is 580 g/mol. The van der Waals surface area contributed by atoms with Crippen LogP contribution in [0.4, 0.5) is 0 Å². The highest BCUT2D eigenvalue weighted by atomic mass is 79.9. The maximum atomic E-state index is 13.8. The van der Waals surface area contributed by atoms with Gasteiger partial charge in [-0.05, 0) is 71.9 Å². The first-order valence-electron chi connectivity index (χ1n) is 11.2. The Kier molecular flexibility index (Phi) is 5.84. The second kappa shape index (κ2) is 8.90. The van der Waals surface area contributed by atoms with E-state index in [0.717, 1.165) is 50.8 Å². The largest absolute Gasteiger partial charge is 0.272 e. The summed E-state index contributed by atoms with van der Waals surface area (Å²) in [6, 6.07) is 19.7. The molecular weight excluding hydrogens is 563 g/mol. The van der Waals surface area contributed by atoms with E-state index in [2.05, 4.69) is 34.1 Å². The third-order valence-electron chi connectivity index (χ3n) is 6.62. The molecule has 1 aliphatic carbocycles. The fraction of sp³-hybridized carbons (Fsp3) is 0.143. The third kappa shape index (κ3) is 3.95. The lowest BCUT2D eigenvalue weighted by Crippen LogP contribution is -2.38. The number of hydrogen-bond donors (Lipinski definition) is 0. The van der Waals surface area contributed by atoms with Crippen LogP contribution in [0.1, 0.15) is 40.3 Å². The molecule has 0 fully saturated rings. The molecule has 174 valence electrons. The summed E-state index contributed by atoms with van der Waals surface area (Å²) in [6.07, 6.45) is 3.65. The Morgan fingerprint density at radius 1 is 1.09 bits per heavy atom. The molecule has 0 N–H and O–H groups in total. The summed E-state index contributed by atoms with van der Waals surface area (Å²) < 4.78 is 3.46. The topological polar surface area (TPSA) is 34.4 Å². The van der Waals surface area contributed by atoms with Gasteiger partial charge in [-0.3, -0.25) is 9.36 Å². The molecule has 0 amide bonds. The van der Waals surface area contributed by atoms with Crippen molar-refractivity contribution in [3.8, 4) is 0 Å². The van der Waals surface area contributed by atoms with Gasteiger partial charge in [-0.1, -0.05) is 92.9 Å². The van der Waals surface area contributed by atoms with Gasteiger partial charge in [0.15, 0.2) is 4.80 Å². The molecule has 35 heavy (non-hydrogen) atoms. The van der Waals surface area contributed by atoms with E-state index in [-0.39, 0.29) is 11.6 Å². The zero-order valence-corrected chi connectivity index (χ0v) is 22.6. The molecule has 3 aromatic carbocycles. The van der Waals surface area contributed by atoms with Crippen LogP contribution in [-0.4, -0.2) is 4.57 Å². The van der Waals surface area contributed by atoms with E-state index < -0.39 is 0 Å². The fourth-order valence-corrected chi connectivity index (χ4v) is 6.78. The zero-order valence-electron chi connectivity index (χ0n) is 18.7. The molecule has 4 aromatic rings. The number of halogens is 3. The van der Waals surface area contributed by atoms with Crippen LogP contribution in [0.2, 0.25) is 10.0 Å². The highest BCUT2D eigenvalue weighted by Gasteiger charge is 2.33. The highest BCUT2D eigenvalue weighted by Crippen LogP contribution is 2.43. The van der Waals surface area contributed by atoms with Gasteiger partial charge in [0, 0.05) is 20.1 Å². The number of hydrogen-bond acceptors (Lipinski definition) is 3. The van der Waals surface area contributed by atoms with Gasteiger partial charge in [0.2, 0.25) is 0 Å². The van der Waals surface area contributed by atoms with Gasteiger partial charge in [0.05, 0.1) is 16.3 Å². The van der Waals surface area contributed by atoms with E-state index in [1.54, 1.807) is 6.07 Å². The molecule has 1 aromatic heterocycles. The lowest BCUT2D eigenvalue weighted by molar-refractivity contribution is 0.585. The zero-order chi connectivity index (χ0) is 24.3. The first-order valence-corrected chi connectivity index (χ1v) is 13.6. The van der Waals surface area contributed by atoms with Crippen molar-refractivity contribution in [2.45, 2.75) is 25.8 Å². The smallest absolute Gasteiger partial charge is 0.271 e. The lowest BCUT2D eigenvalue weighted by Gasteiger charge is -2.31. The van der Waals surface area contributed by atoms with Crippen LogP contribution >= 0.6 is 50.5 Å². The normalized spacial score (nSPS) is 17.0. The number of nitrogens with zero attached hydrogens (tertiary/aromatic N) is 2. The van der Waals surface area contributed by atoms with Crippen molar-refractivity contribution in [1.29, 1.82) is 0 Å². The molecule has 2 aliphatic rings. The molecular formula is C28H19BrCl2N2OS. The van der Waals surface area contributed by atoms with Crippen molar-refractivity contribution in [3.63, 3.8) is 0 Å². The van der Waals surface area contributed by atoms with Gasteiger partial charge in [-0.15, -0.1) is 0 Å². The fourth-order valence-electron chi connectivity index (χ4n) is 4.87. The molecule has 2 heterocycles. The minimum Gasteiger partial charge on any atom is -0.272 e. The first kappa shape index (κ1) is 23.0. The number of fused-ring (bicyclic) bond motifs is 3. The van der Waals surface area contributed by atoms with Crippen LogP contribution < -0.4 is 14.9 Å². The van der Waals surface area contributed by atoms with Gasteiger partial charge in [0.1, 0.15) is 0 Å². The quantitative estimate of drug-likeness (QED) is 0.259. The minimum atomic E-state index is -0.328. The van der Waals surface area contributed by atoms with Gasteiger partial charge in [0.25, 0.3) is 5.56 Å². The molecule has 0 bridgehead atoms. The molecule has 1 unspecified atom stereocenters. The van der Waals surface area contributed by atoms with E-state index in [4.69, 9.17) is 28.2 Å². The van der Waals surface area contributed by atoms with Crippen LogP contribution in [0.3, 0.4) is 0 Å². The molecule has 0 spiro atoms. The van der Waals surface area contributed by atoms with Gasteiger partial charge in [-0.25, -0.2) is 4.99 Å². The molecule has 3 nitrogen and oxygen atoms in total. The summed E-state index contributed by atoms with van der Waals surface area (Å²) in [7, 11) is 0. The molecule has 6 rings (SSSR count). The maximum Gasteiger partial charge on any atom is 0.271 e. The van der Waals surface area contributed by atoms with Crippen LogP contribution in [0.25, 0.3) is 11.8 Å². The maximum absolute atomic E-state index is 13.8. The predicted octanol–water partition coefficient (Wildman–Crippen LogP) is 6.70. The van der Waals surface area contributed by atoms with Gasteiger partial charge in [-0.2, -0.15) is 0 Å². The van der Waals surface area contributed by atoms with Crippen LogP contribution in [0.5, 0.6) is 0 Å². The van der Waals surface area contributed by atoms with Gasteiger partial charge >= 0.3 is 0 Å². The minimum absolute atomic E-state index is 0.0631. The Labute approximate surface area is 224 Å². The van der Waals surface area contributed by atoms with Gasteiger partial charge < -0.3 is 0 Å². The summed E-state index contributed by atoms with van der Waals surface area (Å²) in [5, 5.41) is 1.12. The average Bonchev–Trinajstić information content (AvgIpc) is 3.15. The number of thiazole rings is 1. The van der Waals surface area contributed by atoms with E-state index >= 15 is 0 Å². The highest BCUT2D eigenvalue weighted by molar-refractivity contribution is 9.10. The first-order chi connectivity index (χ1) is 16.9. The predicted molar refractivity (Wildman–Crippen MR) is 148 cm³/mol. The molecule has 0 saturated heterocycles. The Hall–Kier alpha value is -2.44. The summed E-state index contributed by atoms with van der Waals surface area (Å²) in [4.78, 5) is 19.6. The SMILES string of the molecule is Cc1ccc(C=c2sc3n(c2=O)C(c2ccc(Cl)cc2Cl)C2=C(N=3)c3ccccc3CC2)cc1Br. The second-order valence-corrected chi connectivity index (χ2v) is 11.5. The number of aryl methyl sites for hydroxylation is 2. The van der Waals surface area contributed by atoms with Crippen molar-refractivity contribution in [1.82, 2.24) is 4.57 Å². The third-order valence-corrected chi connectivity index (χ3v) is 9.02. The van der Waals surface area contributed by atoms with E-state index in [0.29, 0.717) is 19.4 Å². The van der Waals surface area contributed by atoms with E-state index in [1.807, 2.05) is 54.0 Å². The summed E-state index contributed by atoms with van der Waals surface area (Å²) in [6.45, 7) is 2.04. The molecule has 0 saturated carbocycles. The second-order valence-electron chi connectivity index (χ2n) is 8.79. The van der Waals surface area contributed by atoms with Crippen LogP contribution in [-0.2, 0) is 6.42 Å². The van der Waals surface area contributed by atoms with Crippen molar-refractivity contribution < 1.29 is 0 Å². The summed E-state index contributed by atoms with van der Waals surface area (Å²) >= 11 is 17.9. The Bertz CT molecular complexity index is 1730. The molecule has 1 atom stereocenters. The van der Waals surface area contributed by atoms with Crippen molar-refractivity contribution in [2.24, 2.45) is 4.99 Å².